The van der Waals surface area contributed by atoms with E-state index >= 15 is 0 Å². The van der Waals surface area contributed by atoms with Gasteiger partial charge in [0, 0.05) is 5.56 Å². The number of hydrogen-bond acceptors (Lipinski definition) is 5. The molecule has 0 aromatic heterocycles. The van der Waals surface area contributed by atoms with Crippen molar-refractivity contribution in [1.29, 1.82) is 0 Å². The lowest BCUT2D eigenvalue weighted by Gasteiger charge is -2.24. The summed E-state index contributed by atoms with van der Waals surface area (Å²) in [5, 5.41) is 0. The molecule has 6 nitrogen and oxygen atoms in total. The SMILES string of the molecule is CC(C)c1cc(C(C)C)c(S(=O)(=O)Oc2ccc(S(=O)(=O)O)c3c2CCCC3)c(C(C)C)c1. The second-order valence-corrected chi connectivity index (χ2v) is 12.6. The van der Waals surface area contributed by atoms with Crippen molar-refractivity contribution >= 4 is 20.2 Å². The third-order valence-electron chi connectivity index (χ3n) is 6.26. The minimum Gasteiger partial charge on any atom is -0.379 e. The molecule has 0 atom stereocenters. The number of fused-ring (bicyclic) bond motifs is 1. The smallest absolute Gasteiger partial charge is 0.339 e. The average molecular weight is 495 g/mol. The van der Waals surface area contributed by atoms with Crippen molar-refractivity contribution in [3.63, 3.8) is 0 Å². The molecule has 0 radical (unpaired) electrons. The molecule has 33 heavy (non-hydrogen) atoms. The summed E-state index contributed by atoms with van der Waals surface area (Å²) in [6, 6.07) is 6.49. The zero-order valence-electron chi connectivity index (χ0n) is 20.2. The zero-order valence-corrected chi connectivity index (χ0v) is 21.8. The van der Waals surface area contributed by atoms with Crippen LogP contribution in [0, 0.1) is 0 Å². The van der Waals surface area contributed by atoms with Crippen LogP contribution in [0.3, 0.4) is 0 Å². The van der Waals surface area contributed by atoms with Crippen molar-refractivity contribution in [1.82, 2.24) is 0 Å². The van der Waals surface area contributed by atoms with Crippen LogP contribution in [0.15, 0.2) is 34.1 Å². The fourth-order valence-electron chi connectivity index (χ4n) is 4.46. The Morgan fingerprint density at radius 2 is 1.30 bits per heavy atom. The summed E-state index contributed by atoms with van der Waals surface area (Å²) in [6.45, 7) is 12.0. The maximum absolute atomic E-state index is 13.7. The van der Waals surface area contributed by atoms with Gasteiger partial charge in [0.1, 0.15) is 10.6 Å². The molecule has 0 saturated carbocycles. The van der Waals surface area contributed by atoms with Crippen LogP contribution in [-0.4, -0.2) is 21.4 Å². The van der Waals surface area contributed by atoms with Gasteiger partial charge in [0.05, 0.1) is 4.90 Å². The predicted octanol–water partition coefficient (Wildman–Crippen LogP) is 5.95. The van der Waals surface area contributed by atoms with Crippen molar-refractivity contribution in [2.75, 3.05) is 0 Å². The molecule has 0 heterocycles. The van der Waals surface area contributed by atoms with E-state index in [2.05, 4.69) is 13.8 Å². The van der Waals surface area contributed by atoms with Gasteiger partial charge in [-0.05, 0) is 77.8 Å². The van der Waals surface area contributed by atoms with Crippen LogP contribution in [0.25, 0.3) is 0 Å². The first-order chi connectivity index (χ1) is 15.2. The Morgan fingerprint density at radius 1 is 0.788 bits per heavy atom. The molecule has 0 aliphatic heterocycles. The quantitative estimate of drug-likeness (QED) is 0.377. The van der Waals surface area contributed by atoms with E-state index in [1.54, 1.807) is 0 Å². The van der Waals surface area contributed by atoms with Gasteiger partial charge < -0.3 is 4.18 Å². The van der Waals surface area contributed by atoms with Gasteiger partial charge in [-0.15, -0.1) is 0 Å². The maximum atomic E-state index is 13.7. The van der Waals surface area contributed by atoms with E-state index in [1.165, 1.54) is 12.1 Å². The third kappa shape index (κ3) is 5.28. The van der Waals surface area contributed by atoms with Gasteiger partial charge in [0.2, 0.25) is 0 Å². The van der Waals surface area contributed by atoms with Crippen LogP contribution in [0.5, 0.6) is 5.75 Å². The molecular weight excluding hydrogens is 460 g/mol. The summed E-state index contributed by atoms with van der Waals surface area (Å²) in [7, 11) is -8.61. The van der Waals surface area contributed by atoms with Crippen molar-refractivity contribution in [3.05, 3.63) is 52.1 Å². The van der Waals surface area contributed by atoms with Crippen LogP contribution < -0.4 is 4.18 Å². The van der Waals surface area contributed by atoms with E-state index in [0.717, 1.165) is 18.4 Å². The molecule has 1 aliphatic carbocycles. The number of benzene rings is 2. The van der Waals surface area contributed by atoms with Gasteiger partial charge in [0.15, 0.2) is 0 Å². The van der Waals surface area contributed by atoms with E-state index in [-0.39, 0.29) is 33.3 Å². The predicted molar refractivity (Wildman–Crippen MR) is 129 cm³/mol. The highest BCUT2D eigenvalue weighted by molar-refractivity contribution is 7.87. The van der Waals surface area contributed by atoms with Crippen LogP contribution in [0.1, 0.15) is 100.0 Å². The first-order valence-corrected chi connectivity index (χ1v) is 14.3. The van der Waals surface area contributed by atoms with Crippen LogP contribution in [0.4, 0.5) is 0 Å². The van der Waals surface area contributed by atoms with Gasteiger partial charge in [-0.1, -0.05) is 53.7 Å². The Hall–Kier alpha value is -1.90. The standard InChI is InChI=1S/C25H34O6S2/c1-15(2)18-13-21(16(3)4)25(22(14-18)17(5)6)33(29,30)31-23-11-12-24(32(26,27)28)20-10-8-7-9-19(20)23/h11-17H,7-10H2,1-6H3,(H,26,27,28). The monoisotopic (exact) mass is 494 g/mol. The Labute approximate surface area is 198 Å². The van der Waals surface area contributed by atoms with Gasteiger partial charge in [-0.2, -0.15) is 16.8 Å². The first-order valence-electron chi connectivity index (χ1n) is 11.5. The molecular formula is C25H34O6S2. The van der Waals surface area contributed by atoms with Crippen LogP contribution >= 0.6 is 0 Å². The van der Waals surface area contributed by atoms with Crippen molar-refractivity contribution in [3.8, 4) is 5.75 Å². The highest BCUT2D eigenvalue weighted by Gasteiger charge is 2.31. The number of hydrogen-bond donors (Lipinski definition) is 1. The summed E-state index contributed by atoms with van der Waals surface area (Å²) < 4.78 is 66.5. The van der Waals surface area contributed by atoms with Crippen LogP contribution in [0.2, 0.25) is 0 Å². The molecule has 0 spiro atoms. The topological polar surface area (TPSA) is 97.7 Å². The highest BCUT2D eigenvalue weighted by Crippen LogP contribution is 2.39. The molecule has 0 unspecified atom stereocenters. The molecule has 182 valence electrons. The molecule has 2 aromatic carbocycles. The van der Waals surface area contributed by atoms with Crippen molar-refractivity contribution in [2.45, 2.75) is 94.8 Å². The normalized spacial score (nSPS) is 14.7. The molecule has 0 amide bonds. The van der Waals surface area contributed by atoms with Crippen LogP contribution in [-0.2, 0) is 33.1 Å². The van der Waals surface area contributed by atoms with Gasteiger partial charge in [-0.3, -0.25) is 4.55 Å². The summed E-state index contributed by atoms with van der Waals surface area (Å²) in [6.07, 6.45) is 2.48. The fraction of sp³-hybridized carbons (Fsp3) is 0.520. The van der Waals surface area contributed by atoms with Crippen molar-refractivity contribution in [2.24, 2.45) is 0 Å². The van der Waals surface area contributed by atoms with Gasteiger partial charge in [-0.25, -0.2) is 0 Å². The minimum absolute atomic E-state index is 0.0367. The summed E-state index contributed by atoms with van der Waals surface area (Å²) >= 11 is 0. The average Bonchev–Trinajstić information content (AvgIpc) is 2.71. The molecule has 8 heteroatoms. The van der Waals surface area contributed by atoms with E-state index < -0.39 is 20.2 Å². The van der Waals surface area contributed by atoms with E-state index in [4.69, 9.17) is 4.18 Å². The van der Waals surface area contributed by atoms with E-state index in [1.807, 2.05) is 39.8 Å². The van der Waals surface area contributed by atoms with Gasteiger partial charge in [0.25, 0.3) is 10.1 Å². The second-order valence-electron chi connectivity index (χ2n) is 9.73. The Morgan fingerprint density at radius 3 is 1.76 bits per heavy atom. The lowest BCUT2D eigenvalue weighted by molar-refractivity contribution is 0.472. The molecule has 1 N–H and O–H groups in total. The summed E-state index contributed by atoms with van der Waals surface area (Å²) in [4.78, 5) is 0.0225. The number of rotatable bonds is 7. The largest absolute Gasteiger partial charge is 0.379 e. The summed E-state index contributed by atoms with van der Waals surface area (Å²) in [5.41, 5.74) is 3.49. The second kappa shape index (κ2) is 9.39. The lowest BCUT2D eigenvalue weighted by atomic mass is 9.89. The molecule has 0 fully saturated rings. The fourth-order valence-corrected chi connectivity index (χ4v) is 6.88. The molecule has 0 saturated heterocycles. The zero-order chi connectivity index (χ0) is 24.7. The van der Waals surface area contributed by atoms with E-state index in [0.29, 0.717) is 35.1 Å². The molecule has 1 aliphatic rings. The molecule has 0 bridgehead atoms. The Balaban J connectivity index is 2.21. The van der Waals surface area contributed by atoms with Gasteiger partial charge >= 0.3 is 10.1 Å². The van der Waals surface area contributed by atoms with Crippen molar-refractivity contribution < 1.29 is 25.6 Å². The molecule has 3 rings (SSSR count). The first kappa shape index (κ1) is 25.7. The maximum Gasteiger partial charge on any atom is 0.339 e. The highest BCUT2D eigenvalue weighted by atomic mass is 32.2. The summed E-state index contributed by atoms with van der Waals surface area (Å²) in [5.74, 6) is 0.308. The molecule has 2 aromatic rings. The Kier molecular flexibility index (Phi) is 7.32. The lowest BCUT2D eigenvalue weighted by Crippen LogP contribution is -2.19. The van der Waals surface area contributed by atoms with E-state index in [9.17, 15) is 21.4 Å². The minimum atomic E-state index is -4.41. The Bertz CT molecular complexity index is 1230. The third-order valence-corrected chi connectivity index (χ3v) is 8.56.